The molecular weight excluding hydrogens is 285 g/mol. The summed E-state index contributed by atoms with van der Waals surface area (Å²) >= 11 is 3.36. The lowest BCUT2D eigenvalue weighted by Crippen LogP contribution is -2.26. The van der Waals surface area contributed by atoms with Gasteiger partial charge in [-0.2, -0.15) is 0 Å². The average molecular weight is 302 g/mol. The predicted octanol–water partition coefficient (Wildman–Crippen LogP) is 3.05. The monoisotopic (exact) mass is 301 g/mol. The Labute approximate surface area is 110 Å². The Bertz CT molecular complexity index is 340. The first-order chi connectivity index (χ1) is 8.22. The highest BCUT2D eigenvalue weighted by atomic mass is 79.9. The van der Waals surface area contributed by atoms with Gasteiger partial charge in [0.05, 0.1) is 6.42 Å². The summed E-state index contributed by atoms with van der Waals surface area (Å²) in [4.78, 5) is 11.5. The summed E-state index contributed by atoms with van der Waals surface area (Å²) in [5.74, 6) is -0.278. The van der Waals surface area contributed by atoms with Gasteiger partial charge in [-0.3, -0.25) is 4.79 Å². The van der Waals surface area contributed by atoms with Crippen LogP contribution in [0.3, 0.4) is 0 Å². The smallest absolute Gasteiger partial charge is 0.224 e. The second-order valence-corrected chi connectivity index (χ2v) is 4.70. The maximum Gasteiger partial charge on any atom is 0.224 e. The van der Waals surface area contributed by atoms with Gasteiger partial charge in [-0.05, 0) is 30.5 Å². The molecule has 0 atom stereocenters. The zero-order valence-electron chi connectivity index (χ0n) is 9.72. The third-order valence-corrected chi connectivity index (χ3v) is 2.97. The molecular formula is C13H17BrFNO. The average Bonchev–Trinajstić information content (AvgIpc) is 2.32. The number of rotatable bonds is 7. The number of carbonyl (C=O) groups is 1. The van der Waals surface area contributed by atoms with E-state index < -0.39 is 0 Å². The Balaban J connectivity index is 2.18. The van der Waals surface area contributed by atoms with Crippen LogP contribution in [0, 0.1) is 5.82 Å². The van der Waals surface area contributed by atoms with E-state index in [-0.39, 0.29) is 11.7 Å². The first-order valence-electron chi connectivity index (χ1n) is 5.79. The van der Waals surface area contributed by atoms with Crippen molar-refractivity contribution in [2.75, 3.05) is 11.9 Å². The molecule has 1 amide bonds. The SMILES string of the molecule is O=C(Cc1ccc(F)cc1)NCCCCCBr. The van der Waals surface area contributed by atoms with Crippen LogP contribution in [0.5, 0.6) is 0 Å². The molecule has 0 radical (unpaired) electrons. The van der Waals surface area contributed by atoms with Gasteiger partial charge in [-0.25, -0.2) is 4.39 Å². The molecule has 0 saturated carbocycles. The van der Waals surface area contributed by atoms with Gasteiger partial charge in [0.1, 0.15) is 5.82 Å². The van der Waals surface area contributed by atoms with Crippen molar-refractivity contribution in [2.24, 2.45) is 0 Å². The number of carbonyl (C=O) groups excluding carboxylic acids is 1. The summed E-state index contributed by atoms with van der Waals surface area (Å²) in [6.07, 6.45) is 3.56. The van der Waals surface area contributed by atoms with Crippen LogP contribution in [-0.4, -0.2) is 17.8 Å². The molecule has 1 aromatic carbocycles. The molecule has 94 valence electrons. The Morgan fingerprint density at radius 1 is 1.18 bits per heavy atom. The molecule has 0 bridgehead atoms. The fourth-order valence-electron chi connectivity index (χ4n) is 1.47. The molecule has 1 N–H and O–H groups in total. The Morgan fingerprint density at radius 3 is 2.53 bits per heavy atom. The van der Waals surface area contributed by atoms with Gasteiger partial charge in [0.25, 0.3) is 0 Å². The minimum atomic E-state index is -0.274. The summed E-state index contributed by atoms with van der Waals surface area (Å²) in [7, 11) is 0. The third kappa shape index (κ3) is 6.41. The van der Waals surface area contributed by atoms with Crippen molar-refractivity contribution < 1.29 is 9.18 Å². The van der Waals surface area contributed by atoms with Gasteiger partial charge in [-0.15, -0.1) is 0 Å². The normalized spacial score (nSPS) is 10.2. The molecule has 0 unspecified atom stereocenters. The van der Waals surface area contributed by atoms with E-state index in [2.05, 4.69) is 21.2 Å². The standard InChI is InChI=1S/C13H17BrFNO/c14-8-2-1-3-9-16-13(17)10-11-4-6-12(15)7-5-11/h4-7H,1-3,8-10H2,(H,16,17). The molecule has 0 aromatic heterocycles. The summed E-state index contributed by atoms with van der Waals surface area (Å²) in [6, 6.07) is 6.02. The molecule has 0 aliphatic carbocycles. The molecule has 17 heavy (non-hydrogen) atoms. The zero-order chi connectivity index (χ0) is 12.5. The Hall–Kier alpha value is -0.900. The summed E-state index contributed by atoms with van der Waals surface area (Å²) in [5, 5.41) is 3.87. The zero-order valence-corrected chi connectivity index (χ0v) is 11.3. The minimum Gasteiger partial charge on any atom is -0.356 e. The largest absolute Gasteiger partial charge is 0.356 e. The van der Waals surface area contributed by atoms with Crippen molar-refractivity contribution >= 4 is 21.8 Å². The van der Waals surface area contributed by atoms with E-state index in [0.29, 0.717) is 13.0 Å². The molecule has 1 aromatic rings. The van der Waals surface area contributed by atoms with Gasteiger partial charge in [0.2, 0.25) is 5.91 Å². The van der Waals surface area contributed by atoms with Crippen LogP contribution in [0.25, 0.3) is 0 Å². The second kappa shape index (κ2) is 8.23. The maximum absolute atomic E-state index is 12.6. The van der Waals surface area contributed by atoms with E-state index in [4.69, 9.17) is 0 Å². The van der Waals surface area contributed by atoms with Gasteiger partial charge in [-0.1, -0.05) is 34.5 Å². The van der Waals surface area contributed by atoms with Crippen LogP contribution >= 0.6 is 15.9 Å². The molecule has 0 fully saturated rings. The topological polar surface area (TPSA) is 29.1 Å². The van der Waals surface area contributed by atoms with E-state index in [1.807, 2.05) is 0 Å². The number of alkyl halides is 1. The van der Waals surface area contributed by atoms with Crippen molar-refractivity contribution in [3.8, 4) is 0 Å². The van der Waals surface area contributed by atoms with Crippen molar-refractivity contribution in [2.45, 2.75) is 25.7 Å². The summed E-state index contributed by atoms with van der Waals surface area (Å²) in [6.45, 7) is 0.715. The minimum absolute atomic E-state index is 0.00421. The van der Waals surface area contributed by atoms with Crippen molar-refractivity contribution in [1.82, 2.24) is 5.32 Å². The fourth-order valence-corrected chi connectivity index (χ4v) is 1.87. The van der Waals surface area contributed by atoms with Crippen LogP contribution in [0.2, 0.25) is 0 Å². The van der Waals surface area contributed by atoms with Crippen LogP contribution in [0.15, 0.2) is 24.3 Å². The molecule has 2 nitrogen and oxygen atoms in total. The van der Waals surface area contributed by atoms with E-state index in [9.17, 15) is 9.18 Å². The van der Waals surface area contributed by atoms with Gasteiger partial charge in [0, 0.05) is 11.9 Å². The van der Waals surface area contributed by atoms with E-state index >= 15 is 0 Å². The highest BCUT2D eigenvalue weighted by Crippen LogP contribution is 2.03. The molecule has 0 heterocycles. The fraction of sp³-hybridized carbons (Fsp3) is 0.462. The Morgan fingerprint density at radius 2 is 1.88 bits per heavy atom. The molecule has 0 aliphatic rings. The molecule has 4 heteroatoms. The van der Waals surface area contributed by atoms with E-state index in [1.165, 1.54) is 12.1 Å². The Kier molecular flexibility index (Phi) is 6.86. The number of unbranched alkanes of at least 4 members (excludes halogenated alkanes) is 2. The lowest BCUT2D eigenvalue weighted by atomic mass is 10.1. The first-order valence-corrected chi connectivity index (χ1v) is 6.91. The van der Waals surface area contributed by atoms with Gasteiger partial charge in [0.15, 0.2) is 0 Å². The molecule has 0 aliphatic heterocycles. The highest BCUT2D eigenvalue weighted by Gasteiger charge is 2.02. The third-order valence-electron chi connectivity index (χ3n) is 2.41. The lowest BCUT2D eigenvalue weighted by molar-refractivity contribution is -0.120. The first kappa shape index (κ1) is 14.2. The van der Waals surface area contributed by atoms with Crippen molar-refractivity contribution in [3.63, 3.8) is 0 Å². The number of halogens is 2. The molecule has 1 rings (SSSR count). The van der Waals surface area contributed by atoms with E-state index in [1.54, 1.807) is 12.1 Å². The van der Waals surface area contributed by atoms with Crippen LogP contribution in [0.1, 0.15) is 24.8 Å². The number of hydrogen-bond donors (Lipinski definition) is 1. The van der Waals surface area contributed by atoms with Crippen LogP contribution in [-0.2, 0) is 11.2 Å². The number of nitrogens with one attached hydrogen (secondary N) is 1. The highest BCUT2D eigenvalue weighted by molar-refractivity contribution is 9.09. The van der Waals surface area contributed by atoms with Gasteiger partial charge < -0.3 is 5.32 Å². The van der Waals surface area contributed by atoms with Gasteiger partial charge >= 0.3 is 0 Å². The predicted molar refractivity (Wildman–Crippen MR) is 70.8 cm³/mol. The maximum atomic E-state index is 12.6. The summed E-state index contributed by atoms with van der Waals surface area (Å²) in [5.41, 5.74) is 0.837. The van der Waals surface area contributed by atoms with E-state index in [0.717, 1.165) is 30.2 Å². The second-order valence-electron chi connectivity index (χ2n) is 3.90. The quantitative estimate of drug-likeness (QED) is 0.609. The lowest BCUT2D eigenvalue weighted by Gasteiger charge is -2.04. The van der Waals surface area contributed by atoms with Crippen LogP contribution in [0.4, 0.5) is 4.39 Å². The molecule has 0 saturated heterocycles. The number of amides is 1. The summed E-state index contributed by atoms with van der Waals surface area (Å²) < 4.78 is 12.6. The van der Waals surface area contributed by atoms with Crippen molar-refractivity contribution in [3.05, 3.63) is 35.6 Å². The number of hydrogen-bond acceptors (Lipinski definition) is 1. The molecule has 0 spiro atoms. The van der Waals surface area contributed by atoms with Crippen LogP contribution < -0.4 is 5.32 Å². The van der Waals surface area contributed by atoms with Crippen molar-refractivity contribution in [1.29, 1.82) is 0 Å². The number of benzene rings is 1.